The Bertz CT molecular complexity index is 1530. The van der Waals surface area contributed by atoms with E-state index >= 15 is 0 Å². The average molecular weight is 427 g/mol. The van der Waals surface area contributed by atoms with Crippen molar-refractivity contribution < 1.29 is 0 Å². The molecule has 0 N–H and O–H groups in total. The zero-order valence-corrected chi connectivity index (χ0v) is 18.3. The van der Waals surface area contributed by atoms with Crippen LogP contribution >= 0.6 is 0 Å². The van der Waals surface area contributed by atoms with Gasteiger partial charge in [-0.1, -0.05) is 43.3 Å². The summed E-state index contributed by atoms with van der Waals surface area (Å²) >= 11 is 0. The number of fused-ring (bicyclic) bond motifs is 3. The first-order chi connectivity index (χ1) is 16.3. The number of aryl methyl sites for hydroxylation is 1. The second-order valence-corrected chi connectivity index (χ2v) is 8.09. The highest BCUT2D eigenvalue weighted by molar-refractivity contribution is 6.09. The first-order valence-electron chi connectivity index (χ1n) is 11.2. The molecule has 6 aromatic rings. The third-order valence-electron chi connectivity index (χ3n) is 6.07. The Morgan fingerprint density at radius 1 is 0.636 bits per heavy atom. The van der Waals surface area contributed by atoms with Gasteiger partial charge in [0.05, 0.1) is 28.1 Å². The minimum absolute atomic E-state index is 0.824. The van der Waals surface area contributed by atoms with E-state index in [4.69, 9.17) is 4.98 Å². The van der Waals surface area contributed by atoms with E-state index in [1.807, 2.05) is 42.6 Å². The molecule has 0 unspecified atom stereocenters. The van der Waals surface area contributed by atoms with Crippen molar-refractivity contribution >= 4 is 21.8 Å². The molecule has 4 heterocycles. The van der Waals surface area contributed by atoms with E-state index in [0.29, 0.717) is 0 Å². The van der Waals surface area contributed by atoms with Gasteiger partial charge in [0, 0.05) is 28.7 Å². The maximum absolute atomic E-state index is 5.09. The van der Waals surface area contributed by atoms with Crippen LogP contribution in [-0.2, 0) is 6.42 Å². The highest BCUT2D eigenvalue weighted by Crippen LogP contribution is 2.34. The minimum Gasteiger partial charge on any atom is -0.294 e. The third kappa shape index (κ3) is 3.37. The molecule has 4 heteroatoms. The van der Waals surface area contributed by atoms with Gasteiger partial charge in [0.25, 0.3) is 0 Å². The van der Waals surface area contributed by atoms with Crippen molar-refractivity contribution in [3.05, 3.63) is 109 Å². The van der Waals surface area contributed by atoms with E-state index in [2.05, 4.69) is 76.1 Å². The van der Waals surface area contributed by atoms with Crippen molar-refractivity contribution in [1.82, 2.24) is 19.5 Å². The van der Waals surface area contributed by atoms with Gasteiger partial charge in [0.2, 0.25) is 0 Å². The number of benzene rings is 2. The normalized spacial score (nSPS) is 11.3. The molecule has 4 aromatic heterocycles. The Kier molecular flexibility index (Phi) is 4.69. The summed E-state index contributed by atoms with van der Waals surface area (Å²) in [5.74, 6) is 0.856. The monoisotopic (exact) mass is 426 g/mol. The first kappa shape index (κ1) is 19.4. The fourth-order valence-corrected chi connectivity index (χ4v) is 4.44. The lowest BCUT2D eigenvalue weighted by Gasteiger charge is -2.12. The number of pyridine rings is 3. The van der Waals surface area contributed by atoms with Crippen LogP contribution in [-0.4, -0.2) is 19.5 Å². The van der Waals surface area contributed by atoms with E-state index in [-0.39, 0.29) is 0 Å². The number of rotatable bonds is 4. The standard InChI is InChI=1S/C29H22N4/c1-2-20-13-14-28-23(17-20)22-9-3-4-12-27(22)33(28)29-19-21(24-10-5-7-15-30-24)18-26(32-29)25-11-6-8-16-31-25/h3-19H,2H2,1H3. The fraction of sp³-hybridized carbons (Fsp3) is 0.0690. The summed E-state index contributed by atoms with van der Waals surface area (Å²) in [6.45, 7) is 2.19. The van der Waals surface area contributed by atoms with Crippen molar-refractivity contribution in [3.63, 3.8) is 0 Å². The van der Waals surface area contributed by atoms with Crippen molar-refractivity contribution in [2.45, 2.75) is 13.3 Å². The van der Waals surface area contributed by atoms with Gasteiger partial charge in [0.1, 0.15) is 5.82 Å². The van der Waals surface area contributed by atoms with Crippen molar-refractivity contribution in [3.8, 4) is 28.5 Å². The van der Waals surface area contributed by atoms with Crippen LogP contribution < -0.4 is 0 Å². The maximum atomic E-state index is 5.09. The molecule has 33 heavy (non-hydrogen) atoms. The van der Waals surface area contributed by atoms with Gasteiger partial charge in [-0.25, -0.2) is 4.98 Å². The summed E-state index contributed by atoms with van der Waals surface area (Å²) in [7, 11) is 0. The zero-order valence-electron chi connectivity index (χ0n) is 18.3. The van der Waals surface area contributed by atoms with Crippen LogP contribution in [0.2, 0.25) is 0 Å². The van der Waals surface area contributed by atoms with Gasteiger partial charge >= 0.3 is 0 Å². The summed E-state index contributed by atoms with van der Waals surface area (Å²) in [4.78, 5) is 14.2. The van der Waals surface area contributed by atoms with E-state index < -0.39 is 0 Å². The number of para-hydroxylation sites is 1. The van der Waals surface area contributed by atoms with Crippen molar-refractivity contribution in [2.24, 2.45) is 0 Å². The van der Waals surface area contributed by atoms with E-state index in [1.54, 1.807) is 6.20 Å². The quantitative estimate of drug-likeness (QED) is 0.309. The summed E-state index contributed by atoms with van der Waals surface area (Å²) in [5, 5.41) is 2.47. The third-order valence-corrected chi connectivity index (χ3v) is 6.07. The summed E-state index contributed by atoms with van der Waals surface area (Å²) in [6.07, 6.45) is 4.63. The van der Waals surface area contributed by atoms with Crippen LogP contribution in [0, 0.1) is 0 Å². The predicted octanol–water partition coefficient (Wildman–Crippen LogP) is 6.87. The van der Waals surface area contributed by atoms with Crippen molar-refractivity contribution in [2.75, 3.05) is 0 Å². The van der Waals surface area contributed by atoms with Gasteiger partial charge in [-0.05, 0) is 66.6 Å². The molecule has 2 aromatic carbocycles. The summed E-state index contributed by atoms with van der Waals surface area (Å²) in [6, 6.07) is 31.3. The number of hydrogen-bond donors (Lipinski definition) is 0. The SMILES string of the molecule is CCc1ccc2c(c1)c1ccccc1n2-c1cc(-c2ccccn2)cc(-c2ccccn2)n1. The minimum atomic E-state index is 0.824. The molecule has 0 spiro atoms. The molecule has 0 bridgehead atoms. The van der Waals surface area contributed by atoms with E-state index in [0.717, 1.165) is 45.9 Å². The fourth-order valence-electron chi connectivity index (χ4n) is 4.44. The smallest absolute Gasteiger partial charge is 0.139 e. The van der Waals surface area contributed by atoms with Crippen LogP contribution in [0.3, 0.4) is 0 Å². The Hall–Kier alpha value is -4.31. The molecule has 0 radical (unpaired) electrons. The molecule has 158 valence electrons. The second-order valence-electron chi connectivity index (χ2n) is 8.09. The molecule has 0 aliphatic rings. The van der Waals surface area contributed by atoms with E-state index in [9.17, 15) is 0 Å². The van der Waals surface area contributed by atoms with Crippen LogP contribution in [0.25, 0.3) is 50.3 Å². The maximum Gasteiger partial charge on any atom is 0.139 e. The molecule has 0 amide bonds. The molecule has 0 fully saturated rings. The molecule has 0 aliphatic heterocycles. The zero-order chi connectivity index (χ0) is 22.2. The molecule has 0 aliphatic carbocycles. The molecular weight excluding hydrogens is 404 g/mol. The predicted molar refractivity (Wildman–Crippen MR) is 134 cm³/mol. The largest absolute Gasteiger partial charge is 0.294 e. The van der Waals surface area contributed by atoms with Crippen LogP contribution in [0.5, 0.6) is 0 Å². The molecule has 6 rings (SSSR count). The Labute approximate surface area is 192 Å². The number of hydrogen-bond acceptors (Lipinski definition) is 3. The summed E-state index contributed by atoms with van der Waals surface area (Å²) < 4.78 is 2.25. The Morgan fingerprint density at radius 3 is 2.12 bits per heavy atom. The van der Waals surface area contributed by atoms with Crippen LogP contribution in [0.1, 0.15) is 12.5 Å². The van der Waals surface area contributed by atoms with Gasteiger partial charge < -0.3 is 0 Å². The van der Waals surface area contributed by atoms with Crippen LogP contribution in [0.4, 0.5) is 0 Å². The molecule has 0 saturated heterocycles. The number of nitrogens with zero attached hydrogens (tertiary/aromatic N) is 4. The topological polar surface area (TPSA) is 43.6 Å². The molecule has 4 nitrogen and oxygen atoms in total. The van der Waals surface area contributed by atoms with E-state index in [1.165, 1.54) is 16.3 Å². The highest BCUT2D eigenvalue weighted by Gasteiger charge is 2.16. The Morgan fingerprint density at radius 2 is 1.36 bits per heavy atom. The summed E-state index contributed by atoms with van der Waals surface area (Å²) in [5.41, 5.74) is 7.19. The van der Waals surface area contributed by atoms with Gasteiger partial charge in [-0.15, -0.1) is 0 Å². The van der Waals surface area contributed by atoms with Crippen LogP contribution in [0.15, 0.2) is 103 Å². The van der Waals surface area contributed by atoms with Gasteiger partial charge in [-0.2, -0.15) is 0 Å². The lowest BCUT2D eigenvalue weighted by molar-refractivity contribution is 1.07. The number of aromatic nitrogens is 4. The van der Waals surface area contributed by atoms with Gasteiger partial charge in [0.15, 0.2) is 0 Å². The second kappa shape index (κ2) is 7.99. The molecule has 0 atom stereocenters. The first-order valence-corrected chi connectivity index (χ1v) is 11.2. The lowest BCUT2D eigenvalue weighted by Crippen LogP contribution is -2.01. The average Bonchev–Trinajstić information content (AvgIpc) is 3.23. The molecule has 0 saturated carbocycles. The van der Waals surface area contributed by atoms with Gasteiger partial charge in [-0.3, -0.25) is 14.5 Å². The lowest BCUT2D eigenvalue weighted by atomic mass is 10.1. The Balaban J connectivity index is 1.68. The highest BCUT2D eigenvalue weighted by atomic mass is 15.1. The molecular formula is C29H22N4. The van der Waals surface area contributed by atoms with Crippen molar-refractivity contribution in [1.29, 1.82) is 0 Å².